The van der Waals surface area contributed by atoms with Crippen LogP contribution in [-0.2, 0) is 6.42 Å². The highest BCUT2D eigenvalue weighted by atomic mass is 14.6. The summed E-state index contributed by atoms with van der Waals surface area (Å²) >= 11 is 0. The molecule has 1 heteroatoms. The second-order valence-corrected chi connectivity index (χ2v) is 3.77. The normalized spacial score (nSPS) is 10.1. The molecular formula is C12H17N. The Kier molecular flexibility index (Phi) is 2.76. The van der Waals surface area contributed by atoms with E-state index in [0.29, 0.717) is 0 Å². The highest BCUT2D eigenvalue weighted by Gasteiger charge is 2.01. The maximum Gasteiger partial charge on any atom is 0.0346 e. The topological polar surface area (TPSA) is 26.0 Å². The van der Waals surface area contributed by atoms with Crippen molar-refractivity contribution in [1.82, 2.24) is 0 Å². The zero-order valence-corrected chi connectivity index (χ0v) is 8.65. The van der Waals surface area contributed by atoms with Crippen LogP contribution in [0.15, 0.2) is 24.3 Å². The van der Waals surface area contributed by atoms with Gasteiger partial charge in [-0.2, -0.15) is 0 Å². The summed E-state index contributed by atoms with van der Waals surface area (Å²) < 4.78 is 0. The van der Waals surface area contributed by atoms with E-state index in [2.05, 4.69) is 19.6 Å². The first-order valence-electron chi connectivity index (χ1n) is 4.50. The number of allylic oxidation sites excluding steroid dienone is 1. The van der Waals surface area contributed by atoms with E-state index < -0.39 is 0 Å². The van der Waals surface area contributed by atoms with Crippen molar-refractivity contribution in [3.05, 3.63) is 41.0 Å². The molecule has 70 valence electrons. The van der Waals surface area contributed by atoms with Gasteiger partial charge >= 0.3 is 0 Å². The molecule has 1 aromatic carbocycles. The molecule has 0 radical (unpaired) electrons. The van der Waals surface area contributed by atoms with Crippen LogP contribution in [-0.4, -0.2) is 0 Å². The third-order valence-corrected chi connectivity index (χ3v) is 2.22. The van der Waals surface area contributed by atoms with E-state index in [-0.39, 0.29) is 0 Å². The lowest BCUT2D eigenvalue weighted by Crippen LogP contribution is -1.96. The Morgan fingerprint density at radius 2 is 1.92 bits per heavy atom. The molecule has 0 unspecified atom stereocenters. The van der Waals surface area contributed by atoms with Crippen LogP contribution in [0, 0.1) is 13.8 Å². The Morgan fingerprint density at radius 1 is 1.31 bits per heavy atom. The van der Waals surface area contributed by atoms with E-state index >= 15 is 0 Å². The van der Waals surface area contributed by atoms with E-state index in [0.717, 1.165) is 17.7 Å². The molecule has 0 saturated carbocycles. The molecule has 0 aromatic heterocycles. The predicted octanol–water partition coefficient (Wildman–Crippen LogP) is 3.00. The van der Waals surface area contributed by atoms with Crippen LogP contribution in [0.25, 0.3) is 0 Å². The number of hydrogen-bond donors (Lipinski definition) is 1. The van der Waals surface area contributed by atoms with Crippen LogP contribution in [0.3, 0.4) is 0 Å². The minimum absolute atomic E-state index is 0.878. The maximum absolute atomic E-state index is 5.80. The lowest BCUT2D eigenvalue weighted by atomic mass is 9.99. The van der Waals surface area contributed by atoms with Gasteiger partial charge in [0.15, 0.2) is 0 Å². The number of nitrogens with two attached hydrogens (primary N) is 1. The fourth-order valence-electron chi connectivity index (χ4n) is 1.41. The minimum Gasteiger partial charge on any atom is -0.399 e. The monoisotopic (exact) mass is 175 g/mol. The quantitative estimate of drug-likeness (QED) is 0.542. The highest BCUT2D eigenvalue weighted by molar-refractivity contribution is 5.51. The second-order valence-electron chi connectivity index (χ2n) is 3.77. The lowest BCUT2D eigenvalue weighted by Gasteiger charge is -2.09. The van der Waals surface area contributed by atoms with Gasteiger partial charge in [0.2, 0.25) is 0 Å². The Morgan fingerprint density at radius 3 is 2.46 bits per heavy atom. The predicted molar refractivity (Wildman–Crippen MR) is 58.8 cm³/mol. The van der Waals surface area contributed by atoms with Crippen LogP contribution >= 0.6 is 0 Å². The van der Waals surface area contributed by atoms with Gasteiger partial charge in [0.25, 0.3) is 0 Å². The molecule has 0 fully saturated rings. The summed E-state index contributed by atoms with van der Waals surface area (Å²) in [7, 11) is 0. The van der Waals surface area contributed by atoms with Gasteiger partial charge in [-0.25, -0.2) is 0 Å². The van der Waals surface area contributed by atoms with E-state index in [1.54, 1.807) is 0 Å². The molecule has 0 amide bonds. The second kappa shape index (κ2) is 3.65. The Bertz CT molecular complexity index is 337. The molecule has 1 nitrogen and oxygen atoms in total. The first-order chi connectivity index (χ1) is 6.00. The van der Waals surface area contributed by atoms with Crippen molar-refractivity contribution in [2.45, 2.75) is 27.2 Å². The lowest BCUT2D eigenvalue weighted by molar-refractivity contribution is 1.12. The van der Waals surface area contributed by atoms with Gasteiger partial charge in [-0.3, -0.25) is 0 Å². The largest absolute Gasteiger partial charge is 0.399 e. The molecule has 0 spiro atoms. The van der Waals surface area contributed by atoms with Gasteiger partial charge in [-0.15, -0.1) is 0 Å². The molecule has 0 saturated heterocycles. The van der Waals surface area contributed by atoms with Gasteiger partial charge < -0.3 is 5.73 Å². The van der Waals surface area contributed by atoms with Crippen LogP contribution in [0.1, 0.15) is 23.6 Å². The molecule has 1 rings (SSSR count). The van der Waals surface area contributed by atoms with Crippen LogP contribution in [0.5, 0.6) is 0 Å². The molecule has 0 aliphatic heterocycles. The van der Waals surface area contributed by atoms with Gasteiger partial charge in [-0.05, 0) is 49.9 Å². The Balaban J connectivity index is 3.08. The molecule has 0 atom stereocenters. The van der Waals surface area contributed by atoms with E-state index in [1.165, 1.54) is 16.7 Å². The number of anilines is 1. The third-order valence-electron chi connectivity index (χ3n) is 2.22. The fraction of sp³-hybridized carbons (Fsp3) is 0.333. The van der Waals surface area contributed by atoms with Crippen LogP contribution in [0.4, 0.5) is 5.69 Å². The Labute approximate surface area is 80.3 Å². The number of hydrogen-bond acceptors (Lipinski definition) is 1. The van der Waals surface area contributed by atoms with Crippen molar-refractivity contribution in [3.63, 3.8) is 0 Å². The smallest absolute Gasteiger partial charge is 0.0346 e. The summed E-state index contributed by atoms with van der Waals surface area (Å²) in [6, 6.07) is 4.19. The SMILES string of the molecule is C=C(C)Cc1cc(C)c(N)cc1C. The van der Waals surface area contributed by atoms with Gasteiger partial charge in [0, 0.05) is 5.69 Å². The van der Waals surface area contributed by atoms with Crippen molar-refractivity contribution >= 4 is 5.69 Å². The van der Waals surface area contributed by atoms with Crippen molar-refractivity contribution in [1.29, 1.82) is 0 Å². The molecule has 0 aliphatic rings. The van der Waals surface area contributed by atoms with Gasteiger partial charge in [-0.1, -0.05) is 18.2 Å². The molecule has 0 bridgehead atoms. The standard InChI is InChI=1S/C12H17N/c1-8(2)5-11-6-10(4)12(13)7-9(11)3/h6-7H,1,5,13H2,2-4H3. The summed E-state index contributed by atoms with van der Waals surface area (Å²) in [6.45, 7) is 10.1. The molecule has 2 N–H and O–H groups in total. The number of aryl methyl sites for hydroxylation is 2. The molecule has 1 aromatic rings. The molecule has 0 heterocycles. The zero-order valence-electron chi connectivity index (χ0n) is 8.65. The van der Waals surface area contributed by atoms with Crippen molar-refractivity contribution < 1.29 is 0 Å². The number of nitrogen functional groups attached to an aromatic ring is 1. The molecule has 0 aliphatic carbocycles. The van der Waals surface area contributed by atoms with E-state index in [1.807, 2.05) is 19.9 Å². The van der Waals surface area contributed by atoms with Crippen molar-refractivity contribution in [3.8, 4) is 0 Å². The van der Waals surface area contributed by atoms with E-state index in [4.69, 9.17) is 5.73 Å². The summed E-state index contributed by atoms with van der Waals surface area (Å²) in [6.07, 6.45) is 0.951. The Hall–Kier alpha value is -1.24. The van der Waals surface area contributed by atoms with Crippen molar-refractivity contribution in [2.24, 2.45) is 0 Å². The first kappa shape index (κ1) is 9.85. The van der Waals surface area contributed by atoms with Crippen LogP contribution in [0.2, 0.25) is 0 Å². The number of rotatable bonds is 2. The minimum atomic E-state index is 0.878. The number of benzene rings is 1. The fourth-order valence-corrected chi connectivity index (χ4v) is 1.41. The average Bonchev–Trinajstić information content (AvgIpc) is 1.99. The van der Waals surface area contributed by atoms with Gasteiger partial charge in [0.05, 0.1) is 0 Å². The average molecular weight is 175 g/mol. The summed E-state index contributed by atoms with van der Waals surface area (Å²) in [5.74, 6) is 0. The summed E-state index contributed by atoms with van der Waals surface area (Å²) in [5, 5.41) is 0. The van der Waals surface area contributed by atoms with Crippen LogP contribution < -0.4 is 5.73 Å². The van der Waals surface area contributed by atoms with Gasteiger partial charge in [0.1, 0.15) is 0 Å². The van der Waals surface area contributed by atoms with E-state index in [9.17, 15) is 0 Å². The highest BCUT2D eigenvalue weighted by Crippen LogP contribution is 2.19. The summed E-state index contributed by atoms with van der Waals surface area (Å²) in [5.41, 5.74) is 11.6. The maximum atomic E-state index is 5.80. The van der Waals surface area contributed by atoms with Crippen molar-refractivity contribution in [2.75, 3.05) is 5.73 Å². The first-order valence-corrected chi connectivity index (χ1v) is 4.50. The summed E-state index contributed by atoms with van der Waals surface area (Å²) in [4.78, 5) is 0. The molecular weight excluding hydrogens is 158 g/mol. The molecule has 13 heavy (non-hydrogen) atoms. The third kappa shape index (κ3) is 2.35. The zero-order chi connectivity index (χ0) is 10.0.